The molecule has 3 rings (SSSR count). The summed E-state index contributed by atoms with van der Waals surface area (Å²) in [6.45, 7) is 3.95. The van der Waals surface area contributed by atoms with E-state index in [1.807, 2.05) is 7.05 Å². The van der Waals surface area contributed by atoms with Crippen molar-refractivity contribution in [1.82, 2.24) is 30.0 Å². The highest BCUT2D eigenvalue weighted by molar-refractivity contribution is 5.47. The number of aromatic nitrogens is 4. The van der Waals surface area contributed by atoms with Crippen LogP contribution in [0.2, 0.25) is 0 Å². The van der Waals surface area contributed by atoms with E-state index in [0.717, 1.165) is 38.3 Å². The first-order valence-corrected chi connectivity index (χ1v) is 7.68. The molecule has 0 unspecified atom stereocenters. The number of tetrazole rings is 1. The molecule has 0 N–H and O–H groups in total. The van der Waals surface area contributed by atoms with Crippen LogP contribution in [-0.4, -0.2) is 63.2 Å². The molecule has 2 heterocycles. The van der Waals surface area contributed by atoms with Gasteiger partial charge in [-0.1, -0.05) is 0 Å². The quantitative estimate of drug-likeness (QED) is 0.830. The third kappa shape index (κ3) is 3.78. The number of halogens is 3. The topological polar surface area (TPSA) is 73.9 Å². The molecule has 2 aromatic rings. The lowest BCUT2D eigenvalue weighted by Crippen LogP contribution is -2.44. The number of nitrogens with zero attached hydrogens (tertiary/aromatic N) is 7. The van der Waals surface area contributed by atoms with E-state index < -0.39 is 17.3 Å². The van der Waals surface area contributed by atoms with E-state index in [1.54, 1.807) is 6.07 Å². The molecule has 0 spiro atoms. The zero-order valence-electron chi connectivity index (χ0n) is 13.5. The van der Waals surface area contributed by atoms with Gasteiger partial charge in [0.25, 0.3) is 0 Å². The van der Waals surface area contributed by atoms with Crippen molar-refractivity contribution in [2.24, 2.45) is 0 Å². The minimum atomic E-state index is -4.62. The number of hydrogen-bond acceptors (Lipinski definition) is 6. The van der Waals surface area contributed by atoms with Crippen molar-refractivity contribution in [3.8, 4) is 11.8 Å². The first-order valence-electron chi connectivity index (χ1n) is 7.68. The average Bonchev–Trinajstić information content (AvgIpc) is 3.03. The second kappa shape index (κ2) is 6.78. The Bertz CT molecular complexity index is 785. The van der Waals surface area contributed by atoms with Gasteiger partial charge in [0.05, 0.1) is 29.4 Å². The van der Waals surface area contributed by atoms with Crippen molar-refractivity contribution < 1.29 is 13.2 Å². The number of benzene rings is 1. The van der Waals surface area contributed by atoms with Crippen LogP contribution in [0.5, 0.6) is 0 Å². The molecule has 1 aliphatic heterocycles. The monoisotopic (exact) mass is 351 g/mol. The molecule has 0 bridgehead atoms. The van der Waals surface area contributed by atoms with Gasteiger partial charge in [-0.15, -0.1) is 5.10 Å². The van der Waals surface area contributed by atoms with Gasteiger partial charge in [0.15, 0.2) is 5.82 Å². The van der Waals surface area contributed by atoms with Gasteiger partial charge in [-0.2, -0.15) is 23.1 Å². The first-order chi connectivity index (χ1) is 11.9. The lowest BCUT2D eigenvalue weighted by Gasteiger charge is -2.31. The Kier molecular flexibility index (Phi) is 4.69. The fraction of sp³-hybridized carbons (Fsp3) is 0.467. The van der Waals surface area contributed by atoms with Crippen molar-refractivity contribution in [2.45, 2.75) is 12.7 Å². The molecule has 1 aromatic heterocycles. The van der Waals surface area contributed by atoms with Gasteiger partial charge in [-0.3, -0.25) is 4.90 Å². The Balaban J connectivity index is 1.88. The molecule has 10 heteroatoms. The summed E-state index contributed by atoms with van der Waals surface area (Å²) in [4.78, 5) is 4.35. The maximum absolute atomic E-state index is 13.1. The molecule has 0 aliphatic carbocycles. The Morgan fingerprint density at radius 3 is 2.56 bits per heavy atom. The molecule has 1 fully saturated rings. The number of piperazine rings is 1. The normalized spacial score (nSPS) is 16.8. The van der Waals surface area contributed by atoms with Crippen molar-refractivity contribution in [2.75, 3.05) is 33.2 Å². The zero-order valence-corrected chi connectivity index (χ0v) is 13.5. The highest BCUT2D eigenvalue weighted by Crippen LogP contribution is 2.33. The summed E-state index contributed by atoms with van der Waals surface area (Å²) in [5.74, 6) is 0.461. The molecule has 25 heavy (non-hydrogen) atoms. The van der Waals surface area contributed by atoms with Crippen molar-refractivity contribution >= 4 is 0 Å². The summed E-state index contributed by atoms with van der Waals surface area (Å²) in [7, 11) is 2.04. The lowest BCUT2D eigenvalue weighted by atomic mass is 10.1. The molecule has 132 valence electrons. The van der Waals surface area contributed by atoms with Gasteiger partial charge in [-0.05, 0) is 35.7 Å². The molecular weight excluding hydrogens is 335 g/mol. The van der Waals surface area contributed by atoms with Gasteiger partial charge in [0.1, 0.15) is 0 Å². The summed E-state index contributed by atoms with van der Waals surface area (Å²) < 4.78 is 40.7. The van der Waals surface area contributed by atoms with E-state index in [-0.39, 0.29) is 5.69 Å². The fourth-order valence-corrected chi connectivity index (χ4v) is 2.71. The largest absolute Gasteiger partial charge is 0.417 e. The second-order valence-corrected chi connectivity index (χ2v) is 5.93. The number of alkyl halides is 3. The summed E-state index contributed by atoms with van der Waals surface area (Å²) >= 11 is 0. The smallest absolute Gasteiger partial charge is 0.304 e. The zero-order chi connectivity index (χ0) is 18.0. The van der Waals surface area contributed by atoms with Crippen LogP contribution in [-0.2, 0) is 12.7 Å². The minimum absolute atomic E-state index is 0.181. The highest BCUT2D eigenvalue weighted by Gasteiger charge is 2.34. The summed E-state index contributed by atoms with van der Waals surface area (Å²) in [5, 5.41) is 20.2. The van der Waals surface area contributed by atoms with Gasteiger partial charge in [-0.25, -0.2) is 0 Å². The molecule has 0 atom stereocenters. The van der Waals surface area contributed by atoms with E-state index in [4.69, 9.17) is 5.26 Å². The fourth-order valence-electron chi connectivity index (χ4n) is 2.71. The van der Waals surface area contributed by atoms with Gasteiger partial charge in [0.2, 0.25) is 0 Å². The van der Waals surface area contributed by atoms with E-state index >= 15 is 0 Å². The van der Waals surface area contributed by atoms with Crippen LogP contribution in [0.15, 0.2) is 18.2 Å². The minimum Gasteiger partial charge on any atom is -0.304 e. The van der Waals surface area contributed by atoms with E-state index in [1.165, 1.54) is 10.7 Å². The first kappa shape index (κ1) is 17.3. The Labute approximate surface area is 142 Å². The van der Waals surface area contributed by atoms with Gasteiger partial charge >= 0.3 is 6.18 Å². The van der Waals surface area contributed by atoms with Gasteiger partial charge in [0, 0.05) is 26.2 Å². The third-order valence-corrected chi connectivity index (χ3v) is 4.17. The number of rotatable bonds is 3. The van der Waals surface area contributed by atoms with E-state index in [9.17, 15) is 13.2 Å². The highest BCUT2D eigenvalue weighted by atomic mass is 19.4. The Morgan fingerprint density at radius 1 is 1.20 bits per heavy atom. The predicted octanol–water partition coefficient (Wildman–Crippen LogP) is 1.30. The molecule has 1 saturated heterocycles. The maximum Gasteiger partial charge on any atom is 0.417 e. The molecule has 0 saturated carbocycles. The van der Waals surface area contributed by atoms with Crippen LogP contribution in [0.25, 0.3) is 5.69 Å². The molecule has 1 aromatic carbocycles. The summed E-state index contributed by atoms with van der Waals surface area (Å²) in [5.41, 5.74) is -1.24. The van der Waals surface area contributed by atoms with Gasteiger partial charge < -0.3 is 4.90 Å². The maximum atomic E-state index is 13.1. The summed E-state index contributed by atoms with van der Waals surface area (Å²) in [6, 6.07) is 5.02. The summed E-state index contributed by atoms with van der Waals surface area (Å²) in [6.07, 6.45) is -4.62. The molecule has 1 aliphatic rings. The average molecular weight is 351 g/mol. The Hall–Kier alpha value is -2.51. The van der Waals surface area contributed by atoms with Crippen LogP contribution < -0.4 is 0 Å². The van der Waals surface area contributed by atoms with Crippen LogP contribution in [0.4, 0.5) is 13.2 Å². The van der Waals surface area contributed by atoms with Crippen molar-refractivity contribution in [1.29, 1.82) is 5.26 Å². The van der Waals surface area contributed by atoms with Crippen molar-refractivity contribution in [3.63, 3.8) is 0 Å². The van der Waals surface area contributed by atoms with Crippen LogP contribution >= 0.6 is 0 Å². The van der Waals surface area contributed by atoms with Crippen molar-refractivity contribution in [3.05, 3.63) is 35.2 Å². The number of likely N-dealkylation sites (N-methyl/N-ethyl adjacent to an activating group) is 1. The lowest BCUT2D eigenvalue weighted by molar-refractivity contribution is -0.137. The van der Waals surface area contributed by atoms with Crippen LogP contribution in [0, 0.1) is 11.3 Å². The standard InChI is InChI=1S/C15H16F3N7/c1-23-4-6-24(7-5-23)10-14-20-21-22-25(14)12-3-2-11(9-19)13(8-12)15(16,17)18/h2-3,8H,4-7,10H2,1H3. The molecule has 7 nitrogen and oxygen atoms in total. The van der Waals surface area contributed by atoms with Crippen LogP contribution in [0.3, 0.4) is 0 Å². The second-order valence-electron chi connectivity index (χ2n) is 5.93. The molecule has 0 radical (unpaired) electrons. The number of hydrogen-bond donors (Lipinski definition) is 0. The predicted molar refractivity (Wildman–Crippen MR) is 81.6 cm³/mol. The third-order valence-electron chi connectivity index (χ3n) is 4.17. The molecule has 0 amide bonds. The SMILES string of the molecule is CN1CCN(Cc2nnnn2-c2ccc(C#N)c(C(F)(F)F)c2)CC1. The van der Waals surface area contributed by atoms with E-state index in [0.29, 0.717) is 12.4 Å². The van der Waals surface area contributed by atoms with E-state index in [2.05, 4.69) is 25.3 Å². The molecular formula is C15H16F3N7. The van der Waals surface area contributed by atoms with Crippen LogP contribution in [0.1, 0.15) is 17.0 Å². The number of nitriles is 1. The Morgan fingerprint density at radius 2 is 1.92 bits per heavy atom.